The number of carboxylic acid groups (broad SMARTS) is 1. The summed E-state index contributed by atoms with van der Waals surface area (Å²) in [6.07, 6.45) is -1.79. The number of carbonyl (C=O) groups excluding carboxylic acids is 4. The summed E-state index contributed by atoms with van der Waals surface area (Å²) >= 11 is 1.20. The molecule has 4 amide bonds. The van der Waals surface area contributed by atoms with E-state index in [0.717, 1.165) is 9.80 Å². The fraction of sp³-hybridized carbons (Fsp3) is 0.688. The van der Waals surface area contributed by atoms with Crippen LogP contribution >= 0.6 is 11.8 Å². The second-order valence-corrected chi connectivity index (χ2v) is 8.88. The number of hydrogen-bond donors (Lipinski definition) is 4. The van der Waals surface area contributed by atoms with Crippen LogP contribution in [-0.4, -0.2) is 99.1 Å². The molecule has 2 fully saturated rings. The van der Waals surface area contributed by atoms with E-state index in [9.17, 15) is 34.2 Å². The third-order valence-electron chi connectivity index (χ3n) is 4.85. The third-order valence-corrected chi connectivity index (χ3v) is 6.44. The number of carbonyl (C=O) groups is 5. The Morgan fingerprint density at radius 1 is 1.18 bits per heavy atom. The monoisotopic (exact) mass is 416 g/mol. The molecule has 0 saturated carbocycles. The van der Waals surface area contributed by atoms with Crippen molar-refractivity contribution in [3.8, 4) is 0 Å². The third kappa shape index (κ3) is 3.78. The van der Waals surface area contributed by atoms with E-state index in [1.807, 2.05) is 0 Å². The predicted octanol–water partition coefficient (Wildman–Crippen LogP) is -2.57. The van der Waals surface area contributed by atoms with Crippen molar-refractivity contribution in [1.29, 1.82) is 0 Å². The number of rotatable bonds is 7. The van der Waals surface area contributed by atoms with Crippen LogP contribution < -0.4 is 10.6 Å². The minimum Gasteiger partial charge on any atom is -0.480 e. The zero-order chi connectivity index (χ0) is 21.4. The van der Waals surface area contributed by atoms with Gasteiger partial charge in [0, 0.05) is 18.8 Å². The zero-order valence-electron chi connectivity index (χ0n) is 16.0. The summed E-state index contributed by atoms with van der Waals surface area (Å²) in [5.74, 6) is -4.98. The van der Waals surface area contributed by atoms with E-state index in [4.69, 9.17) is 0 Å². The normalized spacial score (nSPS) is 26.0. The average molecular weight is 416 g/mol. The largest absolute Gasteiger partial charge is 0.480 e. The van der Waals surface area contributed by atoms with Gasteiger partial charge < -0.3 is 30.6 Å². The molecule has 0 radical (unpaired) electrons. The van der Waals surface area contributed by atoms with Gasteiger partial charge in [-0.1, -0.05) is 0 Å². The van der Waals surface area contributed by atoms with Crippen molar-refractivity contribution in [1.82, 2.24) is 20.4 Å². The van der Waals surface area contributed by atoms with Gasteiger partial charge in [0.2, 0.25) is 17.7 Å². The van der Waals surface area contributed by atoms with Gasteiger partial charge in [-0.15, -0.1) is 11.8 Å². The maximum atomic E-state index is 12.7. The van der Waals surface area contributed by atoms with Gasteiger partial charge >= 0.3 is 5.97 Å². The van der Waals surface area contributed by atoms with Gasteiger partial charge in [0.05, 0.1) is 5.37 Å². The Morgan fingerprint density at radius 3 is 2.11 bits per heavy atom. The number of aliphatic carboxylic acids is 1. The number of fused-ring (bicyclic) bond motifs is 1. The quantitative estimate of drug-likeness (QED) is 0.330. The molecule has 28 heavy (non-hydrogen) atoms. The molecule has 4 atom stereocenters. The second-order valence-electron chi connectivity index (χ2n) is 7.11. The van der Waals surface area contributed by atoms with E-state index in [0.29, 0.717) is 0 Å². The minimum absolute atomic E-state index is 0.467. The molecule has 0 spiro atoms. The van der Waals surface area contributed by atoms with Crippen LogP contribution in [0.1, 0.15) is 13.8 Å². The van der Waals surface area contributed by atoms with E-state index >= 15 is 0 Å². The number of aliphatic hydroxyl groups excluding tert-OH is 1. The highest BCUT2D eigenvalue weighted by molar-refractivity contribution is 8.01. The Hall–Kier alpha value is -2.34. The topological polar surface area (TPSA) is 156 Å². The van der Waals surface area contributed by atoms with E-state index in [1.165, 1.54) is 25.9 Å². The average Bonchev–Trinajstić information content (AvgIpc) is 2.87. The van der Waals surface area contributed by atoms with Crippen LogP contribution in [0.4, 0.5) is 0 Å². The van der Waals surface area contributed by atoms with Crippen molar-refractivity contribution in [3.05, 3.63) is 0 Å². The lowest BCUT2D eigenvalue weighted by atomic mass is 9.87. The lowest BCUT2D eigenvalue weighted by molar-refractivity contribution is -0.173. The number of likely N-dealkylation sites (N-methyl/N-ethyl adjacent to an activating group) is 2. The number of β-lactam (4-membered cyclic amide) rings is 1. The molecule has 0 bridgehead atoms. The fourth-order valence-electron chi connectivity index (χ4n) is 3.39. The summed E-state index contributed by atoms with van der Waals surface area (Å²) in [5.41, 5.74) is 0. The summed E-state index contributed by atoms with van der Waals surface area (Å²) in [6.45, 7) is 2.42. The zero-order valence-corrected chi connectivity index (χ0v) is 16.8. The van der Waals surface area contributed by atoms with Gasteiger partial charge in [-0.3, -0.25) is 19.2 Å². The molecule has 0 aromatic heterocycles. The molecule has 12 heteroatoms. The van der Waals surface area contributed by atoms with Gasteiger partial charge in [0.1, 0.15) is 31.2 Å². The Morgan fingerprint density at radius 2 is 1.68 bits per heavy atom. The smallest absolute Gasteiger partial charge is 0.327 e. The van der Waals surface area contributed by atoms with E-state index in [1.54, 1.807) is 13.8 Å². The van der Waals surface area contributed by atoms with Crippen LogP contribution in [0.3, 0.4) is 0 Å². The summed E-state index contributed by atoms with van der Waals surface area (Å²) in [5, 5.41) is 23.9. The van der Waals surface area contributed by atoms with Crippen molar-refractivity contribution >= 4 is 41.4 Å². The number of aliphatic hydroxyl groups is 1. The SMILES string of the molecule is CNC(=O)CN(CC(=O)NC)C(=O)[C@@H](O)[C@@H]1C(=O)N2[C@@H]1SC(C)(C)[C@@H]2C(=O)O. The molecule has 0 aliphatic carbocycles. The Balaban J connectivity index is 2.19. The highest BCUT2D eigenvalue weighted by Gasteiger charge is 2.66. The maximum absolute atomic E-state index is 12.7. The van der Waals surface area contributed by atoms with Crippen molar-refractivity contribution in [2.75, 3.05) is 27.2 Å². The van der Waals surface area contributed by atoms with Crippen LogP contribution in [-0.2, 0) is 24.0 Å². The van der Waals surface area contributed by atoms with Crippen LogP contribution in [0.2, 0.25) is 0 Å². The molecule has 11 nitrogen and oxygen atoms in total. The molecule has 0 aromatic rings. The Labute approximate surface area is 165 Å². The molecule has 2 rings (SSSR count). The van der Waals surface area contributed by atoms with Gasteiger partial charge in [0.25, 0.3) is 5.91 Å². The first-order valence-electron chi connectivity index (χ1n) is 8.57. The van der Waals surface area contributed by atoms with Crippen molar-refractivity contribution < 1.29 is 34.2 Å². The summed E-state index contributed by atoms with van der Waals surface area (Å²) < 4.78 is -0.798. The standard InChI is InChI=1S/C16H24N4O7S/c1-16(2)11(15(26)27)20-12(24)9(14(20)28-16)10(23)13(25)19(5-7(21)17-3)6-8(22)18-4/h9-11,14,23H,5-6H2,1-4H3,(H,17,21)(H,18,22)(H,26,27)/t9-,10+,11+,14-/m1/s1. The molecule has 2 aliphatic heterocycles. The van der Waals surface area contributed by atoms with Crippen LogP contribution in [0, 0.1) is 5.92 Å². The van der Waals surface area contributed by atoms with E-state index < -0.39 is 70.9 Å². The number of carboxylic acids is 1. The molecule has 2 heterocycles. The molecular weight excluding hydrogens is 392 g/mol. The minimum atomic E-state index is -1.79. The first kappa shape index (κ1) is 22.0. The first-order valence-corrected chi connectivity index (χ1v) is 9.45. The summed E-state index contributed by atoms with van der Waals surface area (Å²) in [6, 6.07) is -1.07. The second kappa shape index (κ2) is 7.95. The molecule has 0 aromatic carbocycles. The highest BCUT2D eigenvalue weighted by Crippen LogP contribution is 2.54. The molecule has 2 saturated heterocycles. The Kier molecular flexibility index (Phi) is 6.24. The predicted molar refractivity (Wildman–Crippen MR) is 97.9 cm³/mol. The summed E-state index contributed by atoms with van der Waals surface area (Å²) in [7, 11) is 2.72. The van der Waals surface area contributed by atoms with Crippen molar-refractivity contribution in [3.63, 3.8) is 0 Å². The molecule has 0 unspecified atom stereocenters. The summed E-state index contributed by atoms with van der Waals surface area (Å²) in [4.78, 5) is 62.1. The van der Waals surface area contributed by atoms with Crippen LogP contribution in [0.15, 0.2) is 0 Å². The Bertz CT molecular complexity index is 695. The van der Waals surface area contributed by atoms with E-state index in [-0.39, 0.29) is 0 Å². The van der Waals surface area contributed by atoms with E-state index in [2.05, 4.69) is 10.6 Å². The number of nitrogens with zero attached hydrogens (tertiary/aromatic N) is 2. The first-order chi connectivity index (χ1) is 13.0. The van der Waals surface area contributed by atoms with Crippen LogP contribution in [0.5, 0.6) is 0 Å². The highest BCUT2D eigenvalue weighted by atomic mass is 32.2. The molecule has 156 valence electrons. The van der Waals surface area contributed by atoms with Crippen molar-refractivity contribution in [2.24, 2.45) is 5.92 Å². The van der Waals surface area contributed by atoms with Gasteiger partial charge in [0.15, 0.2) is 0 Å². The maximum Gasteiger partial charge on any atom is 0.327 e. The lowest BCUT2D eigenvalue weighted by Gasteiger charge is -2.45. The van der Waals surface area contributed by atoms with Gasteiger partial charge in [-0.25, -0.2) is 4.79 Å². The van der Waals surface area contributed by atoms with Crippen molar-refractivity contribution in [2.45, 2.75) is 36.1 Å². The molecule has 4 N–H and O–H groups in total. The van der Waals surface area contributed by atoms with Crippen LogP contribution in [0.25, 0.3) is 0 Å². The van der Waals surface area contributed by atoms with Gasteiger partial charge in [-0.2, -0.15) is 0 Å². The fourth-order valence-corrected chi connectivity index (χ4v) is 5.11. The molecular formula is C16H24N4O7S. The molecule has 2 aliphatic rings. The number of thioether (sulfide) groups is 1. The number of amides is 4. The van der Waals surface area contributed by atoms with Gasteiger partial charge in [-0.05, 0) is 13.8 Å². The number of hydrogen-bond acceptors (Lipinski definition) is 7. The lowest BCUT2D eigenvalue weighted by Crippen LogP contribution is -2.67. The number of nitrogens with one attached hydrogen (secondary N) is 2.